The van der Waals surface area contributed by atoms with E-state index in [0.29, 0.717) is 6.04 Å². The van der Waals surface area contributed by atoms with Crippen LogP contribution in [0.25, 0.3) is 0 Å². The summed E-state index contributed by atoms with van der Waals surface area (Å²) in [7, 11) is 0. The van der Waals surface area contributed by atoms with Crippen LogP contribution in [0.5, 0.6) is 0 Å². The van der Waals surface area contributed by atoms with E-state index in [2.05, 4.69) is 57.3 Å². The van der Waals surface area contributed by atoms with E-state index in [1.54, 1.807) is 0 Å². The minimum absolute atomic E-state index is 0.426. The summed E-state index contributed by atoms with van der Waals surface area (Å²) in [6, 6.07) is 8.96. The third-order valence-corrected chi connectivity index (χ3v) is 3.92. The number of hydrogen-bond acceptors (Lipinski definition) is 2. The van der Waals surface area contributed by atoms with Crippen molar-refractivity contribution in [2.75, 3.05) is 26.2 Å². The van der Waals surface area contributed by atoms with Crippen LogP contribution in [0.2, 0.25) is 0 Å². The van der Waals surface area contributed by atoms with Crippen molar-refractivity contribution in [3.63, 3.8) is 0 Å². The van der Waals surface area contributed by atoms with Crippen LogP contribution in [0.15, 0.2) is 28.7 Å². The Kier molecular flexibility index (Phi) is 5.01. The van der Waals surface area contributed by atoms with Crippen LogP contribution in [0.3, 0.4) is 0 Å². The Morgan fingerprint density at radius 1 is 1.35 bits per heavy atom. The molecule has 2 nitrogen and oxygen atoms in total. The maximum absolute atomic E-state index is 3.59. The van der Waals surface area contributed by atoms with Crippen LogP contribution in [0.1, 0.15) is 31.4 Å². The van der Waals surface area contributed by atoms with Gasteiger partial charge in [0, 0.05) is 23.6 Å². The Labute approximate surface area is 113 Å². The van der Waals surface area contributed by atoms with Crippen LogP contribution in [0, 0.1) is 0 Å². The Bertz CT molecular complexity index is 348. The molecule has 1 aliphatic heterocycles. The fourth-order valence-corrected chi connectivity index (χ4v) is 2.76. The van der Waals surface area contributed by atoms with Gasteiger partial charge < -0.3 is 10.2 Å². The van der Waals surface area contributed by atoms with E-state index in [1.807, 2.05) is 0 Å². The summed E-state index contributed by atoms with van der Waals surface area (Å²) in [4.78, 5) is 2.54. The predicted octanol–water partition coefficient (Wildman–Crippen LogP) is 3.20. The van der Waals surface area contributed by atoms with Crippen molar-refractivity contribution in [2.24, 2.45) is 0 Å². The normalized spacial score (nSPS) is 18.5. The number of nitrogens with zero attached hydrogens (tertiary/aromatic N) is 1. The summed E-state index contributed by atoms with van der Waals surface area (Å²) >= 11 is 3.52. The molecule has 1 atom stereocenters. The lowest BCUT2D eigenvalue weighted by Gasteiger charge is -2.18. The number of rotatable bonds is 5. The molecular formula is C14H21BrN2. The molecule has 2 rings (SSSR count). The molecule has 0 unspecified atom stereocenters. The van der Waals surface area contributed by atoms with Crippen molar-refractivity contribution in [2.45, 2.75) is 25.8 Å². The van der Waals surface area contributed by atoms with Crippen LogP contribution < -0.4 is 5.32 Å². The molecule has 17 heavy (non-hydrogen) atoms. The number of hydrogen-bond donors (Lipinski definition) is 1. The molecule has 0 aromatic heterocycles. The third kappa shape index (κ3) is 4.09. The average Bonchev–Trinajstić information content (AvgIpc) is 2.82. The summed E-state index contributed by atoms with van der Waals surface area (Å²) in [5, 5.41) is 3.59. The van der Waals surface area contributed by atoms with Gasteiger partial charge in [0.1, 0.15) is 0 Å². The maximum atomic E-state index is 3.59. The van der Waals surface area contributed by atoms with E-state index in [9.17, 15) is 0 Å². The predicted molar refractivity (Wildman–Crippen MR) is 76.2 cm³/mol. The first-order chi connectivity index (χ1) is 8.25. The standard InChI is InChI=1S/C14H21BrN2/c1-12(13-5-4-6-14(15)11-13)16-7-10-17-8-2-3-9-17/h4-6,11-12,16H,2-3,7-10H2,1H3/t12-/m1/s1. The molecule has 0 spiro atoms. The zero-order valence-electron chi connectivity index (χ0n) is 10.5. The molecule has 1 aromatic carbocycles. The molecule has 3 heteroatoms. The second-order valence-electron chi connectivity index (χ2n) is 4.78. The van der Waals surface area contributed by atoms with Crippen LogP contribution in [-0.4, -0.2) is 31.1 Å². The van der Waals surface area contributed by atoms with Crippen LogP contribution in [-0.2, 0) is 0 Å². The van der Waals surface area contributed by atoms with Gasteiger partial charge >= 0.3 is 0 Å². The SMILES string of the molecule is C[C@@H](NCCN1CCCC1)c1cccc(Br)c1. The van der Waals surface area contributed by atoms with Gasteiger partial charge in [-0.25, -0.2) is 0 Å². The fourth-order valence-electron chi connectivity index (χ4n) is 2.34. The maximum Gasteiger partial charge on any atom is 0.0292 e. The minimum atomic E-state index is 0.426. The van der Waals surface area contributed by atoms with Crippen molar-refractivity contribution in [3.05, 3.63) is 34.3 Å². The van der Waals surface area contributed by atoms with Crippen LogP contribution in [0.4, 0.5) is 0 Å². The Balaban J connectivity index is 1.74. The Morgan fingerprint density at radius 2 is 2.12 bits per heavy atom. The first-order valence-electron chi connectivity index (χ1n) is 6.47. The smallest absolute Gasteiger partial charge is 0.0292 e. The molecule has 1 fully saturated rings. The molecule has 0 radical (unpaired) electrons. The summed E-state index contributed by atoms with van der Waals surface area (Å²) < 4.78 is 1.16. The highest BCUT2D eigenvalue weighted by Crippen LogP contribution is 2.17. The Hall–Kier alpha value is -0.380. The van der Waals surface area contributed by atoms with E-state index in [0.717, 1.165) is 11.0 Å². The van der Waals surface area contributed by atoms with E-state index >= 15 is 0 Å². The second kappa shape index (κ2) is 6.53. The molecule has 1 heterocycles. The number of likely N-dealkylation sites (tertiary alicyclic amines) is 1. The fraction of sp³-hybridized carbons (Fsp3) is 0.571. The van der Waals surface area contributed by atoms with Crippen molar-refractivity contribution in [3.8, 4) is 0 Å². The van der Waals surface area contributed by atoms with Gasteiger partial charge in [0.2, 0.25) is 0 Å². The van der Waals surface area contributed by atoms with Gasteiger partial charge in [-0.15, -0.1) is 0 Å². The molecule has 94 valence electrons. The monoisotopic (exact) mass is 296 g/mol. The first kappa shape index (κ1) is 13.1. The number of nitrogens with one attached hydrogen (secondary N) is 1. The van der Waals surface area contributed by atoms with E-state index in [1.165, 1.54) is 38.0 Å². The van der Waals surface area contributed by atoms with E-state index in [4.69, 9.17) is 0 Å². The highest BCUT2D eigenvalue weighted by Gasteiger charge is 2.11. The largest absolute Gasteiger partial charge is 0.309 e. The zero-order chi connectivity index (χ0) is 12.1. The topological polar surface area (TPSA) is 15.3 Å². The summed E-state index contributed by atoms with van der Waals surface area (Å²) in [5.74, 6) is 0. The minimum Gasteiger partial charge on any atom is -0.309 e. The summed E-state index contributed by atoms with van der Waals surface area (Å²) in [5.41, 5.74) is 1.35. The van der Waals surface area contributed by atoms with Gasteiger partial charge in [0.05, 0.1) is 0 Å². The zero-order valence-corrected chi connectivity index (χ0v) is 12.0. The van der Waals surface area contributed by atoms with Gasteiger partial charge in [-0.2, -0.15) is 0 Å². The first-order valence-corrected chi connectivity index (χ1v) is 7.26. The van der Waals surface area contributed by atoms with Crippen molar-refractivity contribution < 1.29 is 0 Å². The quantitative estimate of drug-likeness (QED) is 0.898. The molecule has 1 aromatic rings. The third-order valence-electron chi connectivity index (χ3n) is 3.43. The summed E-state index contributed by atoms with van der Waals surface area (Å²) in [6.45, 7) is 7.05. The average molecular weight is 297 g/mol. The lowest BCUT2D eigenvalue weighted by molar-refractivity contribution is 0.330. The van der Waals surface area contributed by atoms with Gasteiger partial charge in [0.25, 0.3) is 0 Å². The molecule has 1 aliphatic rings. The molecule has 0 bridgehead atoms. The van der Waals surface area contributed by atoms with E-state index in [-0.39, 0.29) is 0 Å². The highest BCUT2D eigenvalue weighted by molar-refractivity contribution is 9.10. The number of halogens is 1. The summed E-state index contributed by atoms with van der Waals surface area (Å²) in [6.07, 6.45) is 2.75. The highest BCUT2D eigenvalue weighted by atomic mass is 79.9. The van der Waals surface area contributed by atoms with Crippen molar-refractivity contribution in [1.29, 1.82) is 0 Å². The molecule has 1 saturated heterocycles. The van der Waals surface area contributed by atoms with E-state index < -0.39 is 0 Å². The Morgan fingerprint density at radius 3 is 2.82 bits per heavy atom. The molecular weight excluding hydrogens is 276 g/mol. The number of benzene rings is 1. The lowest BCUT2D eigenvalue weighted by Crippen LogP contribution is -2.31. The molecule has 0 amide bonds. The van der Waals surface area contributed by atoms with Gasteiger partial charge in [0.15, 0.2) is 0 Å². The van der Waals surface area contributed by atoms with Gasteiger partial charge in [-0.05, 0) is 50.6 Å². The second-order valence-corrected chi connectivity index (χ2v) is 5.70. The molecule has 1 N–H and O–H groups in total. The van der Waals surface area contributed by atoms with Crippen molar-refractivity contribution >= 4 is 15.9 Å². The van der Waals surface area contributed by atoms with Crippen molar-refractivity contribution in [1.82, 2.24) is 10.2 Å². The molecule has 0 saturated carbocycles. The molecule has 0 aliphatic carbocycles. The lowest BCUT2D eigenvalue weighted by atomic mass is 10.1. The van der Waals surface area contributed by atoms with Gasteiger partial charge in [-0.1, -0.05) is 28.1 Å². The van der Waals surface area contributed by atoms with Crippen LogP contribution >= 0.6 is 15.9 Å². The van der Waals surface area contributed by atoms with Gasteiger partial charge in [-0.3, -0.25) is 0 Å².